The Balaban J connectivity index is 2.66. The molecule has 1 aromatic rings. The number of hydrogen-bond donors (Lipinski definition) is 1. The van der Waals surface area contributed by atoms with Crippen LogP contribution in [0.15, 0.2) is 24.3 Å². The van der Waals surface area contributed by atoms with Crippen molar-refractivity contribution in [2.24, 2.45) is 5.73 Å². The van der Waals surface area contributed by atoms with Crippen molar-refractivity contribution in [3.63, 3.8) is 0 Å². The van der Waals surface area contributed by atoms with Crippen LogP contribution < -0.4 is 5.73 Å². The van der Waals surface area contributed by atoms with Crippen LogP contribution in [0.25, 0.3) is 0 Å². The van der Waals surface area contributed by atoms with Gasteiger partial charge in [-0.25, -0.2) is 0 Å². The second-order valence-corrected chi connectivity index (χ2v) is 4.67. The van der Waals surface area contributed by atoms with Crippen LogP contribution in [-0.4, -0.2) is 31.2 Å². The fourth-order valence-corrected chi connectivity index (χ4v) is 2.18. The minimum absolute atomic E-state index is 0.529. The van der Waals surface area contributed by atoms with Gasteiger partial charge in [0, 0.05) is 32.8 Å². The number of ether oxygens (including phenoxy) is 1. The average Bonchev–Trinajstić information content (AvgIpc) is 2.42. The minimum Gasteiger partial charge on any atom is -0.385 e. The molecule has 0 radical (unpaired) electrons. The molecule has 0 fully saturated rings. The van der Waals surface area contributed by atoms with Gasteiger partial charge in [0.15, 0.2) is 0 Å². The van der Waals surface area contributed by atoms with Crippen molar-refractivity contribution in [2.75, 3.05) is 20.3 Å². The number of methoxy groups -OCH3 is 1. The van der Waals surface area contributed by atoms with E-state index in [1.807, 2.05) is 0 Å². The number of benzene rings is 1. The Kier molecular flexibility index (Phi) is 6.94. The molecule has 0 saturated carbocycles. The van der Waals surface area contributed by atoms with E-state index in [-0.39, 0.29) is 0 Å². The van der Waals surface area contributed by atoms with Crippen molar-refractivity contribution < 1.29 is 4.74 Å². The first-order valence-corrected chi connectivity index (χ1v) is 6.72. The minimum atomic E-state index is 0.529. The van der Waals surface area contributed by atoms with Gasteiger partial charge in [-0.1, -0.05) is 31.2 Å². The van der Waals surface area contributed by atoms with Crippen molar-refractivity contribution in [3.05, 3.63) is 35.4 Å². The third kappa shape index (κ3) is 4.41. The maximum absolute atomic E-state index is 5.79. The predicted molar refractivity (Wildman–Crippen MR) is 76.4 cm³/mol. The zero-order chi connectivity index (χ0) is 13.4. The molecule has 102 valence electrons. The Morgan fingerprint density at radius 1 is 1.28 bits per heavy atom. The topological polar surface area (TPSA) is 38.5 Å². The Labute approximate surface area is 111 Å². The molecular formula is C15H26N2O. The van der Waals surface area contributed by atoms with Crippen molar-refractivity contribution >= 4 is 0 Å². The van der Waals surface area contributed by atoms with E-state index >= 15 is 0 Å². The number of nitrogens with two attached hydrogens (primary N) is 1. The summed E-state index contributed by atoms with van der Waals surface area (Å²) in [6.07, 6.45) is 1.06. The molecule has 1 unspecified atom stereocenters. The van der Waals surface area contributed by atoms with Crippen LogP contribution >= 0.6 is 0 Å². The molecular weight excluding hydrogens is 224 g/mol. The highest BCUT2D eigenvalue weighted by Gasteiger charge is 2.13. The van der Waals surface area contributed by atoms with Crippen LogP contribution in [0, 0.1) is 0 Å². The van der Waals surface area contributed by atoms with Gasteiger partial charge in [-0.15, -0.1) is 0 Å². The first-order valence-electron chi connectivity index (χ1n) is 6.72. The first kappa shape index (κ1) is 15.2. The molecule has 0 heterocycles. The van der Waals surface area contributed by atoms with Gasteiger partial charge in [0.25, 0.3) is 0 Å². The predicted octanol–water partition coefficient (Wildman–Crippen LogP) is 2.39. The molecule has 0 spiro atoms. The lowest BCUT2D eigenvalue weighted by atomic mass is 10.1. The summed E-state index contributed by atoms with van der Waals surface area (Å²) in [6, 6.07) is 8.95. The van der Waals surface area contributed by atoms with E-state index < -0.39 is 0 Å². The van der Waals surface area contributed by atoms with E-state index in [1.54, 1.807) is 7.11 Å². The average molecular weight is 250 g/mol. The van der Waals surface area contributed by atoms with Gasteiger partial charge in [-0.2, -0.15) is 0 Å². The summed E-state index contributed by atoms with van der Waals surface area (Å²) in [4.78, 5) is 2.47. The van der Waals surface area contributed by atoms with E-state index in [0.717, 1.165) is 26.1 Å². The summed E-state index contributed by atoms with van der Waals surface area (Å²) in [5.41, 5.74) is 8.37. The lowest BCUT2D eigenvalue weighted by Gasteiger charge is -2.28. The molecule has 0 aliphatic heterocycles. The van der Waals surface area contributed by atoms with Gasteiger partial charge in [-0.05, 0) is 31.0 Å². The van der Waals surface area contributed by atoms with Gasteiger partial charge < -0.3 is 10.5 Å². The molecule has 3 nitrogen and oxygen atoms in total. The summed E-state index contributed by atoms with van der Waals surface area (Å²) in [5, 5.41) is 0. The van der Waals surface area contributed by atoms with Gasteiger partial charge in [0.05, 0.1) is 0 Å². The highest BCUT2D eigenvalue weighted by atomic mass is 16.5. The quantitative estimate of drug-likeness (QED) is 0.770. The lowest BCUT2D eigenvalue weighted by molar-refractivity contribution is 0.137. The fourth-order valence-electron chi connectivity index (χ4n) is 2.18. The van der Waals surface area contributed by atoms with E-state index in [2.05, 4.69) is 43.0 Å². The zero-order valence-electron chi connectivity index (χ0n) is 11.9. The summed E-state index contributed by atoms with van der Waals surface area (Å²) < 4.78 is 5.16. The second-order valence-electron chi connectivity index (χ2n) is 4.67. The molecule has 18 heavy (non-hydrogen) atoms. The summed E-state index contributed by atoms with van der Waals surface area (Å²) >= 11 is 0. The van der Waals surface area contributed by atoms with Crippen molar-refractivity contribution in [1.29, 1.82) is 0 Å². The number of hydrogen-bond acceptors (Lipinski definition) is 3. The highest BCUT2D eigenvalue weighted by Crippen LogP contribution is 2.14. The maximum Gasteiger partial charge on any atom is 0.0477 e. The molecule has 0 aliphatic rings. The summed E-state index contributed by atoms with van der Waals surface area (Å²) in [6.45, 7) is 7.90. The fraction of sp³-hybridized carbons (Fsp3) is 0.600. The van der Waals surface area contributed by atoms with E-state index in [0.29, 0.717) is 12.6 Å². The number of nitrogens with zero attached hydrogens (tertiary/aromatic N) is 1. The van der Waals surface area contributed by atoms with Crippen LogP contribution in [0.1, 0.15) is 31.4 Å². The second kappa shape index (κ2) is 8.25. The van der Waals surface area contributed by atoms with Crippen molar-refractivity contribution in [2.45, 2.75) is 39.4 Å². The Hall–Kier alpha value is -0.900. The van der Waals surface area contributed by atoms with Crippen molar-refractivity contribution in [3.8, 4) is 0 Å². The number of rotatable bonds is 8. The van der Waals surface area contributed by atoms with Crippen LogP contribution in [0.5, 0.6) is 0 Å². The molecule has 2 N–H and O–H groups in total. The van der Waals surface area contributed by atoms with Gasteiger partial charge >= 0.3 is 0 Å². The van der Waals surface area contributed by atoms with Crippen LogP contribution in [-0.2, 0) is 17.8 Å². The van der Waals surface area contributed by atoms with E-state index in [4.69, 9.17) is 10.5 Å². The normalized spacial score (nSPS) is 12.9. The third-order valence-corrected chi connectivity index (χ3v) is 3.48. The van der Waals surface area contributed by atoms with Gasteiger partial charge in [-0.3, -0.25) is 4.90 Å². The monoisotopic (exact) mass is 250 g/mol. The molecule has 0 aromatic heterocycles. The van der Waals surface area contributed by atoms with Gasteiger partial charge in [0.2, 0.25) is 0 Å². The molecule has 0 amide bonds. The Morgan fingerprint density at radius 3 is 2.50 bits per heavy atom. The molecule has 0 aliphatic carbocycles. The Bertz CT molecular complexity index is 341. The molecule has 1 rings (SSSR count). The van der Waals surface area contributed by atoms with E-state index in [1.165, 1.54) is 11.1 Å². The lowest BCUT2D eigenvalue weighted by Crippen LogP contribution is -2.33. The molecule has 0 saturated heterocycles. The largest absolute Gasteiger partial charge is 0.385 e. The SMILES string of the molecule is CCN(Cc1ccccc1CN)C(C)CCOC. The molecule has 1 aromatic carbocycles. The smallest absolute Gasteiger partial charge is 0.0477 e. The molecule has 0 bridgehead atoms. The highest BCUT2D eigenvalue weighted by molar-refractivity contribution is 5.26. The van der Waals surface area contributed by atoms with E-state index in [9.17, 15) is 0 Å². The summed E-state index contributed by atoms with van der Waals surface area (Å²) in [5.74, 6) is 0. The molecule has 1 atom stereocenters. The maximum atomic E-state index is 5.79. The van der Waals surface area contributed by atoms with Crippen LogP contribution in [0.4, 0.5) is 0 Å². The molecule has 3 heteroatoms. The van der Waals surface area contributed by atoms with Crippen LogP contribution in [0.3, 0.4) is 0 Å². The third-order valence-electron chi connectivity index (χ3n) is 3.48. The Morgan fingerprint density at radius 2 is 1.94 bits per heavy atom. The van der Waals surface area contributed by atoms with Crippen molar-refractivity contribution in [1.82, 2.24) is 4.90 Å². The summed E-state index contributed by atoms with van der Waals surface area (Å²) in [7, 11) is 1.76. The zero-order valence-corrected chi connectivity index (χ0v) is 11.9. The first-order chi connectivity index (χ1) is 8.72. The van der Waals surface area contributed by atoms with Gasteiger partial charge in [0.1, 0.15) is 0 Å². The van der Waals surface area contributed by atoms with Crippen LogP contribution in [0.2, 0.25) is 0 Å². The standard InChI is InChI=1S/C15H26N2O/c1-4-17(13(2)9-10-18-3)12-15-8-6-5-7-14(15)11-16/h5-8,13H,4,9-12,16H2,1-3H3.